The van der Waals surface area contributed by atoms with E-state index in [1.54, 1.807) is 0 Å². The van der Waals surface area contributed by atoms with Crippen LogP contribution >= 0.6 is 24.4 Å². The molecular formula is C12H20N4S2. The maximum Gasteiger partial charge on any atom is 0.185 e. The van der Waals surface area contributed by atoms with E-state index >= 15 is 0 Å². The van der Waals surface area contributed by atoms with Crippen LogP contribution in [0.4, 0.5) is 0 Å². The first-order chi connectivity index (χ1) is 8.54. The smallest absolute Gasteiger partial charge is 0.185 e. The van der Waals surface area contributed by atoms with Gasteiger partial charge in [0.25, 0.3) is 0 Å². The third-order valence-electron chi connectivity index (χ3n) is 3.30. The maximum atomic E-state index is 5.24. The van der Waals surface area contributed by atoms with Crippen LogP contribution in [0.25, 0.3) is 0 Å². The Morgan fingerprint density at radius 3 is 2.39 bits per heavy atom. The second-order valence-electron chi connectivity index (χ2n) is 5.24. The fraction of sp³-hybridized carbons (Fsp3) is 0.667. The number of fused-ring (bicyclic) bond motifs is 2. The van der Waals surface area contributed by atoms with Crippen LogP contribution in [0.2, 0.25) is 0 Å². The Kier molecular flexibility index (Phi) is 4.40. The summed E-state index contributed by atoms with van der Waals surface area (Å²) in [4.78, 5) is 0. The number of thiocarbonyl (C=S) groups is 2. The summed E-state index contributed by atoms with van der Waals surface area (Å²) >= 11 is 10.3. The molecule has 18 heavy (non-hydrogen) atoms. The molecule has 2 aliphatic rings. The first-order valence-electron chi connectivity index (χ1n) is 6.36. The Morgan fingerprint density at radius 1 is 1.11 bits per heavy atom. The first-order valence-corrected chi connectivity index (χ1v) is 7.17. The number of hydrazine groups is 1. The summed E-state index contributed by atoms with van der Waals surface area (Å²) in [5, 5.41) is 7.58. The molecule has 1 saturated carbocycles. The van der Waals surface area contributed by atoms with Gasteiger partial charge in [-0.25, -0.2) is 0 Å². The van der Waals surface area contributed by atoms with Gasteiger partial charge in [0.05, 0.1) is 0 Å². The minimum atomic E-state index is 0.309. The summed E-state index contributed by atoms with van der Waals surface area (Å²) in [5.74, 6) is 1.38. The van der Waals surface area contributed by atoms with Crippen molar-refractivity contribution in [2.45, 2.75) is 38.8 Å². The highest BCUT2D eigenvalue weighted by Crippen LogP contribution is 2.38. The first kappa shape index (κ1) is 13.5. The molecule has 0 aromatic rings. The van der Waals surface area contributed by atoms with E-state index in [4.69, 9.17) is 24.4 Å². The lowest BCUT2D eigenvalue weighted by molar-refractivity contribution is 0.518. The van der Waals surface area contributed by atoms with E-state index in [2.05, 4.69) is 33.6 Å². The number of hydrogen-bond acceptors (Lipinski definition) is 2. The zero-order chi connectivity index (χ0) is 13.1. The molecule has 0 amide bonds. The Hall–Kier alpha value is -0.880. The molecule has 6 heteroatoms. The highest BCUT2D eigenvalue weighted by molar-refractivity contribution is 7.80. The van der Waals surface area contributed by atoms with Crippen molar-refractivity contribution in [3.8, 4) is 0 Å². The van der Waals surface area contributed by atoms with E-state index in [9.17, 15) is 0 Å². The number of rotatable bonds is 2. The molecule has 100 valence electrons. The summed E-state index contributed by atoms with van der Waals surface area (Å²) in [5.41, 5.74) is 5.80. The van der Waals surface area contributed by atoms with Crippen molar-refractivity contribution in [1.29, 1.82) is 0 Å². The quantitative estimate of drug-likeness (QED) is 0.347. The molecule has 1 fully saturated rings. The van der Waals surface area contributed by atoms with Gasteiger partial charge in [-0.1, -0.05) is 12.2 Å². The Balaban J connectivity index is 1.67. The summed E-state index contributed by atoms with van der Waals surface area (Å²) < 4.78 is 0. The highest BCUT2D eigenvalue weighted by Gasteiger charge is 2.35. The van der Waals surface area contributed by atoms with Crippen LogP contribution in [0.3, 0.4) is 0 Å². The third-order valence-corrected chi connectivity index (χ3v) is 3.74. The normalized spacial score (nSPS) is 28.3. The summed E-state index contributed by atoms with van der Waals surface area (Å²) in [6, 6.07) is 0.775. The van der Waals surface area contributed by atoms with Crippen LogP contribution in [-0.2, 0) is 0 Å². The topological polar surface area (TPSA) is 48.1 Å². The number of nitrogens with one attached hydrogen (secondary N) is 4. The van der Waals surface area contributed by atoms with Crippen LogP contribution in [0.1, 0.15) is 26.7 Å². The van der Waals surface area contributed by atoms with Gasteiger partial charge in [0.1, 0.15) is 0 Å². The molecule has 0 spiro atoms. The van der Waals surface area contributed by atoms with Gasteiger partial charge in [-0.05, 0) is 63.0 Å². The lowest BCUT2D eigenvalue weighted by Gasteiger charge is -2.22. The fourth-order valence-electron chi connectivity index (χ4n) is 2.56. The summed E-state index contributed by atoms with van der Waals surface area (Å²) in [7, 11) is 0. The van der Waals surface area contributed by atoms with Gasteiger partial charge in [0.15, 0.2) is 10.2 Å². The molecule has 3 atom stereocenters. The van der Waals surface area contributed by atoms with Crippen LogP contribution in [0.15, 0.2) is 12.2 Å². The van der Waals surface area contributed by atoms with Gasteiger partial charge in [0.2, 0.25) is 0 Å². The Labute approximate surface area is 119 Å². The SMILES string of the molecule is CC(C)NC(=S)NNC(=S)N[C@H]1C[C@@H]2C=C[C@H]1C2. The van der Waals surface area contributed by atoms with Crippen molar-refractivity contribution in [3.05, 3.63) is 12.2 Å². The van der Waals surface area contributed by atoms with Gasteiger partial charge in [-0.15, -0.1) is 0 Å². The predicted octanol–water partition coefficient (Wildman–Crippen LogP) is 1.20. The van der Waals surface area contributed by atoms with Crippen molar-refractivity contribution in [3.63, 3.8) is 0 Å². The van der Waals surface area contributed by atoms with Crippen molar-refractivity contribution in [2.24, 2.45) is 11.8 Å². The second kappa shape index (κ2) is 5.84. The van der Waals surface area contributed by atoms with Crippen molar-refractivity contribution < 1.29 is 0 Å². The number of allylic oxidation sites excluding steroid dienone is 1. The molecule has 2 aliphatic carbocycles. The van der Waals surface area contributed by atoms with Crippen LogP contribution < -0.4 is 21.5 Å². The van der Waals surface area contributed by atoms with Crippen molar-refractivity contribution >= 4 is 34.7 Å². The van der Waals surface area contributed by atoms with Gasteiger partial charge < -0.3 is 10.6 Å². The van der Waals surface area contributed by atoms with E-state index in [-0.39, 0.29) is 0 Å². The van der Waals surface area contributed by atoms with Gasteiger partial charge in [-0.2, -0.15) is 0 Å². The van der Waals surface area contributed by atoms with E-state index in [0.29, 0.717) is 28.2 Å². The average molecular weight is 284 g/mol. The highest BCUT2D eigenvalue weighted by atomic mass is 32.1. The third kappa shape index (κ3) is 3.55. The molecule has 2 rings (SSSR count). The summed E-state index contributed by atoms with van der Waals surface area (Å²) in [6.45, 7) is 4.07. The van der Waals surface area contributed by atoms with Crippen molar-refractivity contribution in [2.75, 3.05) is 0 Å². The molecule has 0 aromatic carbocycles. The monoisotopic (exact) mass is 284 g/mol. The van der Waals surface area contributed by atoms with Gasteiger partial charge >= 0.3 is 0 Å². The minimum absolute atomic E-state index is 0.309. The van der Waals surface area contributed by atoms with Gasteiger partial charge in [-0.3, -0.25) is 10.9 Å². The molecule has 0 unspecified atom stereocenters. The lowest BCUT2D eigenvalue weighted by atomic mass is 10.0. The molecule has 4 N–H and O–H groups in total. The molecule has 4 nitrogen and oxygen atoms in total. The molecular weight excluding hydrogens is 264 g/mol. The largest absolute Gasteiger partial charge is 0.359 e. The van der Waals surface area contributed by atoms with Crippen LogP contribution in [0.5, 0.6) is 0 Å². The second-order valence-corrected chi connectivity index (χ2v) is 6.05. The molecule has 2 bridgehead atoms. The standard InChI is InChI=1S/C12H20N4S2/c1-7(2)13-11(17)15-16-12(18)14-10-6-8-3-4-9(10)5-8/h3-4,7-10H,5-6H2,1-2H3,(H2,13,15,17)(H2,14,16,18)/t8-,9+,10+/m1/s1. The zero-order valence-electron chi connectivity index (χ0n) is 10.7. The molecule has 0 radical (unpaired) electrons. The minimum Gasteiger partial charge on any atom is -0.359 e. The van der Waals surface area contributed by atoms with E-state index < -0.39 is 0 Å². The van der Waals surface area contributed by atoms with E-state index in [1.165, 1.54) is 12.8 Å². The molecule has 0 aromatic heterocycles. The summed E-state index contributed by atoms with van der Waals surface area (Å²) in [6.07, 6.45) is 7.06. The zero-order valence-corrected chi connectivity index (χ0v) is 12.3. The Morgan fingerprint density at radius 2 is 1.83 bits per heavy atom. The van der Waals surface area contributed by atoms with Crippen molar-refractivity contribution in [1.82, 2.24) is 21.5 Å². The maximum absolute atomic E-state index is 5.24. The average Bonchev–Trinajstić information content (AvgIpc) is 2.87. The number of hydrogen-bond donors (Lipinski definition) is 4. The Bertz CT molecular complexity index is 367. The molecule has 0 saturated heterocycles. The van der Waals surface area contributed by atoms with Crippen LogP contribution in [-0.4, -0.2) is 22.3 Å². The van der Waals surface area contributed by atoms with E-state index in [1.807, 2.05) is 13.8 Å². The predicted molar refractivity (Wildman–Crippen MR) is 82.0 cm³/mol. The van der Waals surface area contributed by atoms with Gasteiger partial charge in [0, 0.05) is 12.1 Å². The fourth-order valence-corrected chi connectivity index (χ4v) is 3.05. The van der Waals surface area contributed by atoms with E-state index in [0.717, 1.165) is 5.92 Å². The molecule has 0 heterocycles. The lowest BCUT2D eigenvalue weighted by Crippen LogP contribution is -2.53. The van der Waals surface area contributed by atoms with Crippen LogP contribution in [0, 0.1) is 11.8 Å². The molecule has 0 aliphatic heterocycles.